The summed E-state index contributed by atoms with van der Waals surface area (Å²) < 4.78 is 33.0. The number of sulfonamides is 1. The van der Waals surface area contributed by atoms with Crippen molar-refractivity contribution >= 4 is 21.6 Å². The van der Waals surface area contributed by atoms with Gasteiger partial charge in [0.1, 0.15) is 17.8 Å². The summed E-state index contributed by atoms with van der Waals surface area (Å²) in [6, 6.07) is 13.4. The zero-order chi connectivity index (χ0) is 18.9. The number of para-hydroxylation sites is 1. The minimum Gasteiger partial charge on any atom is -0.456 e. The Kier molecular flexibility index (Phi) is 4.82. The fourth-order valence-corrected chi connectivity index (χ4v) is 4.52. The van der Waals surface area contributed by atoms with E-state index in [-0.39, 0.29) is 11.4 Å². The minimum absolute atomic E-state index is 0.217. The Balaban J connectivity index is 1.54. The standard InChI is InChI=1S/C19H16ClN3O3S/c20-17-3-1-2-4-19(17)26-15-5-7-16(8-6-15)27(24,25)23-10-9-18-14(12-23)11-21-13-22-18/h1-8,11,13H,9-10,12H2. The van der Waals surface area contributed by atoms with Gasteiger partial charge in [-0.25, -0.2) is 18.4 Å². The molecule has 6 nitrogen and oxygen atoms in total. The van der Waals surface area contributed by atoms with E-state index in [0.717, 1.165) is 11.3 Å². The van der Waals surface area contributed by atoms with Crippen molar-refractivity contribution in [2.24, 2.45) is 0 Å². The van der Waals surface area contributed by atoms with E-state index in [1.54, 1.807) is 42.6 Å². The van der Waals surface area contributed by atoms with E-state index in [0.29, 0.717) is 29.5 Å². The maximum atomic E-state index is 12.9. The van der Waals surface area contributed by atoms with Gasteiger partial charge in [-0.05, 0) is 36.4 Å². The molecule has 1 aliphatic heterocycles. The van der Waals surface area contributed by atoms with Gasteiger partial charge in [-0.3, -0.25) is 0 Å². The van der Waals surface area contributed by atoms with Crippen LogP contribution in [0.5, 0.6) is 11.5 Å². The van der Waals surface area contributed by atoms with Crippen LogP contribution >= 0.6 is 11.6 Å². The summed E-state index contributed by atoms with van der Waals surface area (Å²) in [6.45, 7) is 0.667. The Hall–Kier alpha value is -2.48. The highest BCUT2D eigenvalue weighted by molar-refractivity contribution is 7.89. The molecule has 27 heavy (non-hydrogen) atoms. The van der Waals surface area contributed by atoms with E-state index in [4.69, 9.17) is 16.3 Å². The number of aromatic nitrogens is 2. The number of benzene rings is 2. The molecule has 2 heterocycles. The van der Waals surface area contributed by atoms with Crippen LogP contribution < -0.4 is 4.74 Å². The van der Waals surface area contributed by atoms with Crippen molar-refractivity contribution in [3.63, 3.8) is 0 Å². The van der Waals surface area contributed by atoms with Crippen molar-refractivity contribution in [3.05, 3.63) is 77.3 Å². The average Bonchev–Trinajstić information content (AvgIpc) is 2.70. The fourth-order valence-electron chi connectivity index (χ4n) is 2.93. The summed E-state index contributed by atoms with van der Waals surface area (Å²) in [4.78, 5) is 8.41. The molecule has 0 N–H and O–H groups in total. The summed E-state index contributed by atoms with van der Waals surface area (Å²) in [5, 5.41) is 0.489. The van der Waals surface area contributed by atoms with Gasteiger partial charge in [-0.2, -0.15) is 4.31 Å². The quantitative estimate of drug-likeness (QED) is 0.667. The minimum atomic E-state index is -3.61. The summed E-state index contributed by atoms with van der Waals surface area (Å²) in [6.07, 6.45) is 3.73. The maximum Gasteiger partial charge on any atom is 0.243 e. The topological polar surface area (TPSA) is 72.4 Å². The Morgan fingerprint density at radius 3 is 2.63 bits per heavy atom. The molecule has 1 aromatic heterocycles. The number of fused-ring (bicyclic) bond motifs is 1. The Labute approximate surface area is 162 Å². The van der Waals surface area contributed by atoms with Gasteiger partial charge in [0.15, 0.2) is 0 Å². The smallest absolute Gasteiger partial charge is 0.243 e. The molecule has 0 saturated carbocycles. The molecular weight excluding hydrogens is 386 g/mol. The van der Waals surface area contributed by atoms with Crippen molar-refractivity contribution in [2.45, 2.75) is 17.9 Å². The Morgan fingerprint density at radius 2 is 1.85 bits per heavy atom. The Bertz CT molecular complexity index is 1070. The van der Waals surface area contributed by atoms with Crippen molar-refractivity contribution < 1.29 is 13.2 Å². The van der Waals surface area contributed by atoms with E-state index >= 15 is 0 Å². The van der Waals surface area contributed by atoms with E-state index in [9.17, 15) is 8.42 Å². The molecule has 0 aliphatic carbocycles. The molecule has 0 atom stereocenters. The third-order valence-corrected chi connectivity index (χ3v) is 6.52. The second kappa shape index (κ2) is 7.26. The molecular formula is C19H16ClN3O3S. The van der Waals surface area contributed by atoms with Crippen LogP contribution in [0.3, 0.4) is 0 Å². The number of hydrogen-bond acceptors (Lipinski definition) is 5. The van der Waals surface area contributed by atoms with Gasteiger partial charge in [0.05, 0.1) is 9.92 Å². The van der Waals surface area contributed by atoms with Crippen LogP contribution in [0.2, 0.25) is 5.02 Å². The van der Waals surface area contributed by atoms with E-state index < -0.39 is 10.0 Å². The molecule has 0 fully saturated rings. The number of nitrogens with zero attached hydrogens (tertiary/aromatic N) is 3. The molecule has 0 unspecified atom stereocenters. The molecule has 0 saturated heterocycles. The van der Waals surface area contributed by atoms with Crippen molar-refractivity contribution in [2.75, 3.05) is 6.54 Å². The largest absolute Gasteiger partial charge is 0.456 e. The third kappa shape index (κ3) is 3.66. The monoisotopic (exact) mass is 401 g/mol. The van der Waals surface area contributed by atoms with E-state index in [1.807, 2.05) is 12.1 Å². The molecule has 138 valence electrons. The van der Waals surface area contributed by atoms with Crippen molar-refractivity contribution in [3.8, 4) is 11.5 Å². The molecule has 0 radical (unpaired) electrons. The summed E-state index contributed by atoms with van der Waals surface area (Å²) in [5.41, 5.74) is 1.74. The van der Waals surface area contributed by atoms with Crippen LogP contribution in [0.25, 0.3) is 0 Å². The first-order valence-corrected chi connectivity index (χ1v) is 10.2. The Morgan fingerprint density at radius 1 is 1.07 bits per heavy atom. The average molecular weight is 402 g/mol. The van der Waals surface area contributed by atoms with Crippen LogP contribution in [0.15, 0.2) is 66.0 Å². The van der Waals surface area contributed by atoms with E-state index in [2.05, 4.69) is 9.97 Å². The lowest BCUT2D eigenvalue weighted by molar-refractivity contribution is 0.386. The second-order valence-electron chi connectivity index (χ2n) is 6.09. The lowest BCUT2D eigenvalue weighted by atomic mass is 10.1. The molecule has 1 aliphatic rings. The van der Waals surface area contributed by atoms with Crippen molar-refractivity contribution in [1.29, 1.82) is 0 Å². The molecule has 4 rings (SSSR count). The first kappa shape index (κ1) is 17.9. The second-order valence-corrected chi connectivity index (χ2v) is 8.43. The highest BCUT2D eigenvalue weighted by atomic mass is 35.5. The zero-order valence-electron chi connectivity index (χ0n) is 14.2. The number of hydrogen-bond donors (Lipinski definition) is 0. The number of rotatable bonds is 4. The van der Waals surface area contributed by atoms with Gasteiger partial charge in [0, 0.05) is 37.0 Å². The lowest BCUT2D eigenvalue weighted by Gasteiger charge is -2.27. The lowest BCUT2D eigenvalue weighted by Crippen LogP contribution is -2.36. The molecule has 3 aromatic rings. The molecule has 8 heteroatoms. The molecule has 0 bridgehead atoms. The number of ether oxygens (including phenoxy) is 1. The normalized spacial score (nSPS) is 14.6. The molecule has 0 spiro atoms. The predicted molar refractivity (Wildman–Crippen MR) is 101 cm³/mol. The maximum absolute atomic E-state index is 12.9. The highest BCUT2D eigenvalue weighted by Crippen LogP contribution is 2.30. The van der Waals surface area contributed by atoms with Gasteiger partial charge in [0.2, 0.25) is 10.0 Å². The van der Waals surface area contributed by atoms with Crippen LogP contribution in [0.1, 0.15) is 11.3 Å². The summed E-state index contributed by atoms with van der Waals surface area (Å²) in [5.74, 6) is 1.03. The molecule has 0 amide bonds. The van der Waals surface area contributed by atoms with E-state index in [1.165, 1.54) is 10.6 Å². The van der Waals surface area contributed by atoms with Crippen LogP contribution in [-0.4, -0.2) is 29.2 Å². The highest BCUT2D eigenvalue weighted by Gasteiger charge is 2.28. The van der Waals surface area contributed by atoms with Gasteiger partial charge in [-0.15, -0.1) is 0 Å². The van der Waals surface area contributed by atoms with Crippen LogP contribution in [0.4, 0.5) is 0 Å². The van der Waals surface area contributed by atoms with Gasteiger partial charge in [-0.1, -0.05) is 23.7 Å². The SMILES string of the molecule is O=S(=O)(c1ccc(Oc2ccccc2Cl)cc1)N1CCc2ncncc2C1. The third-order valence-electron chi connectivity index (χ3n) is 4.35. The predicted octanol–water partition coefficient (Wildman–Crippen LogP) is 3.67. The zero-order valence-corrected chi connectivity index (χ0v) is 15.8. The first-order valence-electron chi connectivity index (χ1n) is 8.34. The van der Waals surface area contributed by atoms with Crippen LogP contribution in [0, 0.1) is 0 Å². The van der Waals surface area contributed by atoms with Gasteiger partial charge < -0.3 is 4.74 Å². The van der Waals surface area contributed by atoms with Crippen molar-refractivity contribution in [1.82, 2.24) is 14.3 Å². The summed E-state index contributed by atoms with van der Waals surface area (Å²) in [7, 11) is -3.61. The van der Waals surface area contributed by atoms with Crippen LogP contribution in [-0.2, 0) is 23.0 Å². The summed E-state index contributed by atoms with van der Waals surface area (Å²) >= 11 is 6.08. The number of halogens is 1. The van der Waals surface area contributed by atoms with Gasteiger partial charge in [0.25, 0.3) is 0 Å². The first-order chi connectivity index (χ1) is 13.0. The van der Waals surface area contributed by atoms with Gasteiger partial charge >= 0.3 is 0 Å². The molecule has 2 aromatic carbocycles. The fraction of sp³-hybridized carbons (Fsp3) is 0.158.